The van der Waals surface area contributed by atoms with Gasteiger partial charge in [-0.25, -0.2) is 28.5 Å². The van der Waals surface area contributed by atoms with Crippen LogP contribution in [-0.2, 0) is 11.3 Å². The summed E-state index contributed by atoms with van der Waals surface area (Å²) in [7, 11) is 0. The molecule has 3 aliphatic rings. The number of carbonyl (C=O) groups excluding carboxylic acids is 1. The molecule has 13 heteroatoms. The van der Waals surface area contributed by atoms with Gasteiger partial charge < -0.3 is 30.3 Å². The van der Waals surface area contributed by atoms with Crippen molar-refractivity contribution < 1.29 is 23.0 Å². The van der Waals surface area contributed by atoms with E-state index in [9.17, 15) is 4.79 Å². The fourth-order valence-electron chi connectivity index (χ4n) is 6.31. The van der Waals surface area contributed by atoms with Gasteiger partial charge in [-0.15, -0.1) is 0 Å². The summed E-state index contributed by atoms with van der Waals surface area (Å²) < 4.78 is 41.3. The molecule has 4 heterocycles. The van der Waals surface area contributed by atoms with Crippen LogP contribution in [0.3, 0.4) is 0 Å². The van der Waals surface area contributed by atoms with Gasteiger partial charge in [-0.05, 0) is 56.0 Å². The first kappa shape index (κ1) is 29.9. The molecular weight excluding hydrogens is 570 g/mol. The number of piperazine rings is 1. The van der Waals surface area contributed by atoms with Gasteiger partial charge in [0.1, 0.15) is 24.2 Å². The molecule has 2 aliphatic heterocycles. The molecule has 2 aromatic heterocycles. The number of aromatic nitrogens is 3. The Morgan fingerprint density at radius 3 is 2.50 bits per heavy atom. The van der Waals surface area contributed by atoms with Crippen LogP contribution in [0.15, 0.2) is 36.7 Å². The minimum Gasteiger partial charge on any atom is -0.486 e. The number of carbonyl (C=O) groups is 1. The maximum Gasteiger partial charge on any atom is 0.404 e. The lowest BCUT2D eigenvalue weighted by Crippen LogP contribution is -2.45. The van der Waals surface area contributed by atoms with E-state index >= 15 is 8.78 Å². The van der Waals surface area contributed by atoms with E-state index in [1.807, 2.05) is 18.3 Å². The van der Waals surface area contributed by atoms with Crippen molar-refractivity contribution in [3.8, 4) is 17.0 Å². The maximum absolute atomic E-state index is 15.4. The summed E-state index contributed by atoms with van der Waals surface area (Å²) in [5.74, 6) is -0.451. The van der Waals surface area contributed by atoms with E-state index in [2.05, 4.69) is 41.9 Å². The van der Waals surface area contributed by atoms with Crippen LogP contribution < -0.4 is 20.7 Å². The average Bonchev–Trinajstić information content (AvgIpc) is 3.03. The number of likely N-dealkylation sites (N-methyl/N-ethyl adjacent to an activating group) is 1. The largest absolute Gasteiger partial charge is 0.486 e. The number of amides is 1. The maximum atomic E-state index is 15.4. The lowest BCUT2D eigenvalue weighted by molar-refractivity contribution is 0.0777. The first-order valence-electron chi connectivity index (χ1n) is 15.2. The van der Waals surface area contributed by atoms with Gasteiger partial charge in [0.05, 0.1) is 18.4 Å². The highest BCUT2D eigenvalue weighted by Gasteiger charge is 2.32. The topological polar surface area (TPSA) is 122 Å². The summed E-state index contributed by atoms with van der Waals surface area (Å²) in [6.45, 7) is 9.18. The first-order chi connectivity index (χ1) is 21.4. The number of hydrogen-bond donors (Lipinski definition) is 2. The van der Waals surface area contributed by atoms with Crippen molar-refractivity contribution in [2.75, 3.05) is 56.1 Å². The zero-order valence-corrected chi connectivity index (χ0v) is 24.8. The minimum absolute atomic E-state index is 0.0314. The number of rotatable bonds is 8. The molecule has 2 fully saturated rings. The zero-order chi connectivity index (χ0) is 30.6. The Morgan fingerprint density at radius 2 is 1.80 bits per heavy atom. The molecule has 1 aliphatic carbocycles. The number of fused-ring (bicyclic) bond motifs is 1. The van der Waals surface area contributed by atoms with Crippen molar-refractivity contribution in [3.05, 3.63) is 53.9 Å². The van der Waals surface area contributed by atoms with Crippen molar-refractivity contribution >= 4 is 23.5 Å². The van der Waals surface area contributed by atoms with Crippen LogP contribution in [0.4, 0.5) is 31.0 Å². The second kappa shape index (κ2) is 13.3. The Morgan fingerprint density at radius 1 is 1.02 bits per heavy atom. The van der Waals surface area contributed by atoms with Gasteiger partial charge >= 0.3 is 6.09 Å². The standard InChI is InChI=1S/C31H38F2N8O3/c1-2-39-9-11-40(12-10-39)19-20-3-8-27(35-17-20)37-31-36-18-25(33)28(38-31)21-15-24(32)29-26(16-21)41(13-14-43-29)22-4-6-23(7-5-22)44-30(34)42/h3,8,15-18,22-23H,2,4-7,9-14,19H2,1H3,(H2,34,42)(H,35,36,37,38). The van der Waals surface area contributed by atoms with Gasteiger partial charge in [-0.3, -0.25) is 4.90 Å². The fourth-order valence-corrected chi connectivity index (χ4v) is 6.31. The Kier molecular flexibility index (Phi) is 9.03. The quantitative estimate of drug-likeness (QED) is 0.383. The molecule has 11 nitrogen and oxygen atoms in total. The number of pyridine rings is 1. The lowest BCUT2D eigenvalue weighted by Gasteiger charge is -2.41. The monoisotopic (exact) mass is 608 g/mol. The Bertz CT molecular complexity index is 1460. The fraction of sp³-hybridized carbons (Fsp3) is 0.484. The number of primary amides is 1. The summed E-state index contributed by atoms with van der Waals surface area (Å²) >= 11 is 0. The Balaban J connectivity index is 1.16. The average molecular weight is 609 g/mol. The van der Waals surface area contributed by atoms with Crippen LogP contribution in [0.1, 0.15) is 38.2 Å². The number of benzene rings is 1. The minimum atomic E-state index is -0.776. The SMILES string of the molecule is CCN1CCN(Cc2ccc(Nc3ncc(F)c(-c4cc(F)c5c(c4)N(C4CCC(OC(N)=O)CC4)CCO5)n3)nc2)CC1. The molecule has 1 aromatic carbocycles. The molecule has 3 N–H and O–H groups in total. The Hall–Kier alpha value is -4.10. The summed E-state index contributed by atoms with van der Waals surface area (Å²) in [6, 6.07) is 6.89. The van der Waals surface area contributed by atoms with E-state index < -0.39 is 17.7 Å². The third kappa shape index (κ3) is 6.83. The number of anilines is 3. The molecule has 1 saturated carbocycles. The number of ether oxygens (including phenoxy) is 2. The van der Waals surface area contributed by atoms with Crippen LogP contribution in [0.2, 0.25) is 0 Å². The third-order valence-electron chi connectivity index (χ3n) is 8.68. The molecule has 3 aromatic rings. The highest BCUT2D eigenvalue weighted by atomic mass is 19.1. The summed E-state index contributed by atoms with van der Waals surface area (Å²) in [5.41, 5.74) is 7.08. The van der Waals surface area contributed by atoms with E-state index in [1.165, 1.54) is 6.07 Å². The van der Waals surface area contributed by atoms with E-state index in [0.717, 1.165) is 63.9 Å². The molecule has 0 bridgehead atoms. The van der Waals surface area contributed by atoms with Crippen LogP contribution in [-0.4, -0.2) is 88.9 Å². The molecule has 6 rings (SSSR count). The predicted molar refractivity (Wildman–Crippen MR) is 162 cm³/mol. The van der Waals surface area contributed by atoms with E-state index in [1.54, 1.807) is 6.07 Å². The zero-order valence-electron chi connectivity index (χ0n) is 24.8. The van der Waals surface area contributed by atoms with E-state index in [0.29, 0.717) is 37.5 Å². The van der Waals surface area contributed by atoms with Crippen LogP contribution in [0.25, 0.3) is 11.3 Å². The second-order valence-corrected chi connectivity index (χ2v) is 11.5. The van der Waals surface area contributed by atoms with Gasteiger partial charge in [0.2, 0.25) is 5.95 Å². The summed E-state index contributed by atoms with van der Waals surface area (Å²) in [6.07, 6.45) is 4.68. The first-order valence-corrected chi connectivity index (χ1v) is 15.2. The molecule has 0 atom stereocenters. The highest BCUT2D eigenvalue weighted by molar-refractivity contribution is 5.73. The molecule has 0 unspecified atom stereocenters. The predicted octanol–water partition coefficient (Wildman–Crippen LogP) is 4.30. The van der Waals surface area contributed by atoms with Gasteiger partial charge in [0.25, 0.3) is 0 Å². The lowest BCUT2D eigenvalue weighted by atomic mass is 9.91. The molecule has 0 radical (unpaired) electrons. The molecule has 234 valence electrons. The number of nitrogens with zero attached hydrogens (tertiary/aromatic N) is 6. The van der Waals surface area contributed by atoms with Crippen LogP contribution in [0.5, 0.6) is 5.75 Å². The van der Waals surface area contributed by atoms with E-state index in [4.69, 9.17) is 15.2 Å². The van der Waals surface area contributed by atoms with Crippen molar-refractivity contribution in [1.82, 2.24) is 24.8 Å². The third-order valence-corrected chi connectivity index (χ3v) is 8.68. The number of hydrogen-bond acceptors (Lipinski definition) is 10. The van der Waals surface area contributed by atoms with Crippen LogP contribution in [0, 0.1) is 11.6 Å². The van der Waals surface area contributed by atoms with Gasteiger partial charge in [-0.2, -0.15) is 0 Å². The van der Waals surface area contributed by atoms with Crippen molar-refractivity contribution in [1.29, 1.82) is 0 Å². The molecule has 1 amide bonds. The molecule has 0 spiro atoms. The smallest absolute Gasteiger partial charge is 0.404 e. The number of halogens is 2. The van der Waals surface area contributed by atoms with Crippen molar-refractivity contribution in [2.24, 2.45) is 5.73 Å². The molecule has 1 saturated heterocycles. The Labute approximate surface area is 255 Å². The highest BCUT2D eigenvalue weighted by Crippen LogP contribution is 2.41. The van der Waals surface area contributed by atoms with Gasteiger partial charge in [0, 0.05) is 50.5 Å². The molecular formula is C31H38F2N8O3. The second-order valence-electron chi connectivity index (χ2n) is 11.5. The number of nitrogens with one attached hydrogen (secondary N) is 1. The van der Waals surface area contributed by atoms with Gasteiger partial charge in [0.15, 0.2) is 17.4 Å². The number of nitrogens with two attached hydrogens (primary N) is 1. The normalized spacial score (nSPS) is 20.9. The van der Waals surface area contributed by atoms with E-state index in [-0.39, 0.29) is 35.1 Å². The van der Waals surface area contributed by atoms with Crippen molar-refractivity contribution in [3.63, 3.8) is 0 Å². The molecule has 44 heavy (non-hydrogen) atoms. The van der Waals surface area contributed by atoms with Crippen molar-refractivity contribution in [2.45, 2.75) is 51.3 Å². The van der Waals surface area contributed by atoms with Gasteiger partial charge in [-0.1, -0.05) is 13.0 Å². The van der Waals surface area contributed by atoms with Crippen LogP contribution >= 0.6 is 0 Å². The summed E-state index contributed by atoms with van der Waals surface area (Å²) in [5, 5.41) is 3.05. The summed E-state index contributed by atoms with van der Waals surface area (Å²) in [4.78, 5) is 31.1.